The highest BCUT2D eigenvalue weighted by molar-refractivity contribution is 5.90. The molecular formula is C15H22FN3O2. The lowest BCUT2D eigenvalue weighted by molar-refractivity contribution is -0.116. The second kappa shape index (κ2) is 8.71. The van der Waals surface area contributed by atoms with E-state index in [4.69, 9.17) is 4.74 Å². The van der Waals surface area contributed by atoms with Gasteiger partial charge in [0.25, 0.3) is 0 Å². The summed E-state index contributed by atoms with van der Waals surface area (Å²) in [6.07, 6.45) is 0.403. The maximum Gasteiger partial charge on any atom is 0.225 e. The van der Waals surface area contributed by atoms with Gasteiger partial charge < -0.3 is 15.4 Å². The first kappa shape index (κ1) is 15.9. The Morgan fingerprint density at radius 2 is 1.90 bits per heavy atom. The molecule has 0 aromatic heterocycles. The minimum Gasteiger partial charge on any atom is -0.379 e. The summed E-state index contributed by atoms with van der Waals surface area (Å²) in [5.74, 6) is -0.377. The Labute approximate surface area is 124 Å². The smallest absolute Gasteiger partial charge is 0.225 e. The molecule has 1 aromatic rings. The molecular weight excluding hydrogens is 273 g/mol. The Morgan fingerprint density at radius 3 is 2.62 bits per heavy atom. The lowest BCUT2D eigenvalue weighted by Crippen LogP contribution is -2.40. The van der Waals surface area contributed by atoms with Crippen molar-refractivity contribution in [3.8, 4) is 0 Å². The topological polar surface area (TPSA) is 53.6 Å². The van der Waals surface area contributed by atoms with E-state index in [1.807, 2.05) is 0 Å². The molecule has 1 aliphatic rings. The lowest BCUT2D eigenvalue weighted by Gasteiger charge is -2.26. The number of nitrogens with one attached hydrogen (secondary N) is 2. The Morgan fingerprint density at radius 1 is 1.19 bits per heavy atom. The van der Waals surface area contributed by atoms with Crippen LogP contribution in [0, 0.1) is 5.82 Å². The van der Waals surface area contributed by atoms with E-state index in [0.717, 1.165) is 39.4 Å². The minimum absolute atomic E-state index is 0.0690. The quantitative estimate of drug-likeness (QED) is 0.739. The van der Waals surface area contributed by atoms with Gasteiger partial charge in [0.15, 0.2) is 0 Å². The van der Waals surface area contributed by atoms with Gasteiger partial charge in [0, 0.05) is 44.8 Å². The highest BCUT2D eigenvalue weighted by atomic mass is 19.1. The summed E-state index contributed by atoms with van der Waals surface area (Å²) < 4.78 is 18.0. The summed E-state index contributed by atoms with van der Waals surface area (Å²) in [4.78, 5) is 14.0. The molecule has 2 rings (SSSR count). The number of carbonyl (C=O) groups is 1. The van der Waals surface area contributed by atoms with Crippen LogP contribution in [0.4, 0.5) is 10.1 Å². The number of carbonyl (C=O) groups excluding carboxylic acids is 1. The predicted octanol–water partition coefficient (Wildman–Crippen LogP) is 1.08. The molecule has 1 amide bonds. The van der Waals surface area contributed by atoms with Crippen LogP contribution in [0.2, 0.25) is 0 Å². The van der Waals surface area contributed by atoms with Crippen molar-refractivity contribution in [2.75, 3.05) is 51.3 Å². The molecule has 5 nitrogen and oxygen atoms in total. The van der Waals surface area contributed by atoms with Crippen LogP contribution >= 0.6 is 0 Å². The number of rotatable bonds is 7. The number of morpholine rings is 1. The maximum absolute atomic E-state index is 12.7. The van der Waals surface area contributed by atoms with Crippen LogP contribution in [0.25, 0.3) is 0 Å². The SMILES string of the molecule is O=C(CCNCCN1CCOCC1)Nc1ccc(F)cc1. The van der Waals surface area contributed by atoms with Crippen LogP contribution in [0.15, 0.2) is 24.3 Å². The van der Waals surface area contributed by atoms with Crippen molar-refractivity contribution in [2.24, 2.45) is 0 Å². The van der Waals surface area contributed by atoms with E-state index in [-0.39, 0.29) is 11.7 Å². The highest BCUT2D eigenvalue weighted by Crippen LogP contribution is 2.08. The molecule has 0 bridgehead atoms. The van der Waals surface area contributed by atoms with E-state index in [2.05, 4.69) is 15.5 Å². The summed E-state index contributed by atoms with van der Waals surface area (Å²) in [6.45, 7) is 6.05. The third-order valence-corrected chi connectivity index (χ3v) is 3.37. The van der Waals surface area contributed by atoms with Gasteiger partial charge in [-0.2, -0.15) is 0 Å². The van der Waals surface area contributed by atoms with Gasteiger partial charge in [-0.15, -0.1) is 0 Å². The predicted molar refractivity (Wildman–Crippen MR) is 79.8 cm³/mol. The molecule has 0 saturated carbocycles. The molecule has 1 aromatic carbocycles. The number of hydrogen-bond donors (Lipinski definition) is 2. The van der Waals surface area contributed by atoms with E-state index >= 15 is 0 Å². The molecule has 21 heavy (non-hydrogen) atoms. The molecule has 1 fully saturated rings. The number of amides is 1. The second-order valence-corrected chi connectivity index (χ2v) is 5.01. The fraction of sp³-hybridized carbons (Fsp3) is 0.533. The fourth-order valence-electron chi connectivity index (χ4n) is 2.15. The summed E-state index contributed by atoms with van der Waals surface area (Å²) in [7, 11) is 0. The highest BCUT2D eigenvalue weighted by Gasteiger charge is 2.09. The third kappa shape index (κ3) is 6.20. The van der Waals surface area contributed by atoms with E-state index in [0.29, 0.717) is 18.7 Å². The van der Waals surface area contributed by atoms with Crippen LogP contribution < -0.4 is 10.6 Å². The van der Waals surface area contributed by atoms with E-state index in [1.54, 1.807) is 12.1 Å². The summed E-state index contributed by atoms with van der Waals surface area (Å²) in [5.41, 5.74) is 0.620. The molecule has 2 N–H and O–H groups in total. The molecule has 0 atom stereocenters. The van der Waals surface area contributed by atoms with Crippen LogP contribution in [0.5, 0.6) is 0 Å². The van der Waals surface area contributed by atoms with E-state index in [9.17, 15) is 9.18 Å². The van der Waals surface area contributed by atoms with Gasteiger partial charge in [-0.25, -0.2) is 4.39 Å². The number of hydrogen-bond acceptors (Lipinski definition) is 4. The van der Waals surface area contributed by atoms with Crippen molar-refractivity contribution in [1.29, 1.82) is 0 Å². The number of benzene rings is 1. The minimum atomic E-state index is -0.308. The Balaban J connectivity index is 1.53. The van der Waals surface area contributed by atoms with Crippen LogP contribution in [0.1, 0.15) is 6.42 Å². The van der Waals surface area contributed by atoms with Crippen molar-refractivity contribution < 1.29 is 13.9 Å². The van der Waals surface area contributed by atoms with Crippen LogP contribution in [-0.2, 0) is 9.53 Å². The first-order chi connectivity index (χ1) is 10.2. The van der Waals surface area contributed by atoms with Crippen molar-refractivity contribution >= 4 is 11.6 Å². The average molecular weight is 295 g/mol. The van der Waals surface area contributed by atoms with E-state index < -0.39 is 0 Å². The zero-order valence-electron chi connectivity index (χ0n) is 12.1. The summed E-state index contributed by atoms with van der Waals surface area (Å²) >= 11 is 0. The maximum atomic E-state index is 12.7. The Kier molecular flexibility index (Phi) is 6.59. The number of anilines is 1. The fourth-order valence-corrected chi connectivity index (χ4v) is 2.15. The zero-order valence-corrected chi connectivity index (χ0v) is 12.1. The summed E-state index contributed by atoms with van der Waals surface area (Å²) in [6, 6.07) is 5.77. The number of halogens is 1. The molecule has 6 heteroatoms. The number of ether oxygens (including phenoxy) is 1. The summed E-state index contributed by atoms with van der Waals surface area (Å²) in [5, 5.41) is 5.99. The van der Waals surface area contributed by atoms with Crippen LogP contribution in [0.3, 0.4) is 0 Å². The van der Waals surface area contributed by atoms with Crippen molar-refractivity contribution in [2.45, 2.75) is 6.42 Å². The molecule has 1 heterocycles. The second-order valence-electron chi connectivity index (χ2n) is 5.01. The molecule has 116 valence electrons. The van der Waals surface area contributed by atoms with E-state index in [1.165, 1.54) is 12.1 Å². The normalized spacial score (nSPS) is 15.9. The molecule has 0 unspecified atom stereocenters. The molecule has 0 radical (unpaired) electrons. The molecule has 0 aliphatic carbocycles. The van der Waals surface area contributed by atoms with Crippen LogP contribution in [-0.4, -0.2) is 56.7 Å². The molecule has 0 spiro atoms. The van der Waals surface area contributed by atoms with Gasteiger partial charge in [0.2, 0.25) is 5.91 Å². The Hall–Kier alpha value is -1.50. The van der Waals surface area contributed by atoms with Crippen molar-refractivity contribution in [3.05, 3.63) is 30.1 Å². The Bertz CT molecular complexity index is 433. The van der Waals surface area contributed by atoms with Gasteiger partial charge in [0.05, 0.1) is 13.2 Å². The molecule has 1 aliphatic heterocycles. The van der Waals surface area contributed by atoms with Crippen molar-refractivity contribution in [3.63, 3.8) is 0 Å². The first-order valence-corrected chi connectivity index (χ1v) is 7.30. The van der Waals surface area contributed by atoms with Gasteiger partial charge in [-0.05, 0) is 24.3 Å². The monoisotopic (exact) mass is 295 g/mol. The van der Waals surface area contributed by atoms with Gasteiger partial charge in [-0.1, -0.05) is 0 Å². The number of nitrogens with zero attached hydrogens (tertiary/aromatic N) is 1. The zero-order chi connectivity index (χ0) is 14.9. The van der Waals surface area contributed by atoms with Gasteiger partial charge in [-0.3, -0.25) is 9.69 Å². The molecule has 1 saturated heterocycles. The first-order valence-electron chi connectivity index (χ1n) is 7.30. The lowest BCUT2D eigenvalue weighted by atomic mass is 10.3. The van der Waals surface area contributed by atoms with Gasteiger partial charge in [0.1, 0.15) is 5.82 Å². The largest absolute Gasteiger partial charge is 0.379 e. The standard InChI is InChI=1S/C15H22FN3O2/c16-13-1-3-14(4-2-13)18-15(20)5-6-17-7-8-19-9-11-21-12-10-19/h1-4,17H,5-12H2,(H,18,20). The third-order valence-electron chi connectivity index (χ3n) is 3.37. The van der Waals surface area contributed by atoms with Gasteiger partial charge >= 0.3 is 0 Å². The van der Waals surface area contributed by atoms with Crippen molar-refractivity contribution in [1.82, 2.24) is 10.2 Å². The average Bonchev–Trinajstić information content (AvgIpc) is 2.50.